The van der Waals surface area contributed by atoms with Gasteiger partial charge in [-0.15, -0.1) is 16.8 Å². The summed E-state index contributed by atoms with van der Waals surface area (Å²) in [6.45, 7) is 4.40. The average molecular weight is 394 g/mol. The molecule has 1 amide bonds. The normalized spacial score (nSPS) is 10.5. The fourth-order valence-electron chi connectivity index (χ4n) is 2.67. The lowest BCUT2D eigenvalue weighted by molar-refractivity contribution is -0.113. The second kappa shape index (κ2) is 9.23. The van der Waals surface area contributed by atoms with Crippen LogP contribution in [0, 0.1) is 0 Å². The van der Waals surface area contributed by atoms with Crippen molar-refractivity contribution in [1.29, 1.82) is 0 Å². The molecule has 1 N–H and O–H groups in total. The fourth-order valence-corrected chi connectivity index (χ4v) is 3.42. The van der Waals surface area contributed by atoms with E-state index in [2.05, 4.69) is 28.2 Å². The molecule has 7 heteroatoms. The highest BCUT2D eigenvalue weighted by Crippen LogP contribution is 2.26. The van der Waals surface area contributed by atoms with Gasteiger partial charge in [0.1, 0.15) is 0 Å². The zero-order chi connectivity index (χ0) is 19.9. The number of aromatic nitrogens is 3. The maximum Gasteiger partial charge on any atom is 0.234 e. The zero-order valence-corrected chi connectivity index (χ0v) is 16.8. The molecule has 28 heavy (non-hydrogen) atoms. The molecule has 3 rings (SSSR count). The highest BCUT2D eigenvalue weighted by Gasteiger charge is 2.15. The third-order valence-corrected chi connectivity index (χ3v) is 5.01. The number of amides is 1. The summed E-state index contributed by atoms with van der Waals surface area (Å²) in [5.41, 5.74) is 2.84. The lowest BCUT2D eigenvalue weighted by atomic mass is 10.2. The Balaban J connectivity index is 1.76. The number of hydrogen-bond donors (Lipinski definition) is 1. The minimum absolute atomic E-state index is 0.0829. The van der Waals surface area contributed by atoms with Crippen molar-refractivity contribution in [1.82, 2.24) is 14.8 Å². The summed E-state index contributed by atoms with van der Waals surface area (Å²) in [6, 6.07) is 17.5. The molecule has 1 heterocycles. The zero-order valence-electron chi connectivity index (χ0n) is 16.0. The lowest BCUT2D eigenvalue weighted by Gasteiger charge is -2.14. The molecule has 0 bridgehead atoms. The van der Waals surface area contributed by atoms with Crippen LogP contribution in [-0.2, 0) is 11.3 Å². The highest BCUT2D eigenvalue weighted by molar-refractivity contribution is 7.99. The molecule has 0 unspecified atom stereocenters. The van der Waals surface area contributed by atoms with Gasteiger partial charge in [-0.25, -0.2) is 0 Å². The second-order valence-electron chi connectivity index (χ2n) is 6.35. The minimum atomic E-state index is -0.0829. The number of nitrogens with one attached hydrogen (secondary N) is 1. The first-order valence-corrected chi connectivity index (χ1v) is 9.86. The SMILES string of the molecule is C=CCn1c(SCC(=O)Nc2ccccc2)nnc1-c1cccc(N(C)C)c1. The van der Waals surface area contributed by atoms with E-state index in [-0.39, 0.29) is 11.7 Å². The molecule has 0 aliphatic heterocycles. The predicted octanol–water partition coefficient (Wildman–Crippen LogP) is 3.93. The van der Waals surface area contributed by atoms with Crippen LogP contribution >= 0.6 is 11.8 Å². The van der Waals surface area contributed by atoms with Crippen LogP contribution in [0.4, 0.5) is 11.4 Å². The van der Waals surface area contributed by atoms with Crippen LogP contribution in [0.5, 0.6) is 0 Å². The first-order valence-electron chi connectivity index (χ1n) is 8.88. The van der Waals surface area contributed by atoms with Crippen molar-refractivity contribution < 1.29 is 4.79 Å². The summed E-state index contributed by atoms with van der Waals surface area (Å²) in [5.74, 6) is 0.928. The Labute approximate surface area is 169 Å². The van der Waals surface area contributed by atoms with Gasteiger partial charge in [-0.1, -0.05) is 48.2 Å². The molecular weight excluding hydrogens is 370 g/mol. The minimum Gasteiger partial charge on any atom is -0.378 e. The topological polar surface area (TPSA) is 63.1 Å². The third-order valence-electron chi connectivity index (χ3n) is 4.04. The number of carbonyl (C=O) groups excluding carboxylic acids is 1. The molecule has 0 aliphatic rings. The fraction of sp³-hybridized carbons (Fsp3) is 0.190. The van der Waals surface area contributed by atoms with Crippen molar-refractivity contribution >= 4 is 29.0 Å². The standard InChI is InChI=1S/C21H23N5OS/c1-4-13-26-20(16-9-8-12-18(14-16)25(2)3)23-24-21(26)28-15-19(27)22-17-10-6-5-7-11-17/h4-12,14H,1,13,15H2,2-3H3,(H,22,27). The Morgan fingerprint density at radius 1 is 1.18 bits per heavy atom. The van der Waals surface area contributed by atoms with Gasteiger partial charge in [-0.3, -0.25) is 9.36 Å². The van der Waals surface area contributed by atoms with E-state index in [0.717, 1.165) is 22.8 Å². The molecule has 0 saturated heterocycles. The molecule has 0 fully saturated rings. The number of carbonyl (C=O) groups is 1. The van der Waals surface area contributed by atoms with Gasteiger partial charge in [0.15, 0.2) is 11.0 Å². The molecule has 144 valence electrons. The number of allylic oxidation sites excluding steroid dienone is 1. The molecule has 0 atom stereocenters. The maximum absolute atomic E-state index is 12.2. The number of hydrogen-bond acceptors (Lipinski definition) is 5. The van der Waals surface area contributed by atoms with Gasteiger partial charge >= 0.3 is 0 Å². The summed E-state index contributed by atoms with van der Waals surface area (Å²) in [7, 11) is 4.00. The summed E-state index contributed by atoms with van der Waals surface area (Å²) < 4.78 is 1.97. The van der Waals surface area contributed by atoms with Crippen molar-refractivity contribution in [2.75, 3.05) is 30.1 Å². The van der Waals surface area contributed by atoms with Gasteiger partial charge in [-0.2, -0.15) is 0 Å². The van der Waals surface area contributed by atoms with Gasteiger partial charge < -0.3 is 10.2 Å². The van der Waals surface area contributed by atoms with E-state index in [1.807, 2.05) is 72.1 Å². The van der Waals surface area contributed by atoms with Gasteiger partial charge in [-0.05, 0) is 24.3 Å². The van der Waals surface area contributed by atoms with E-state index in [1.165, 1.54) is 11.8 Å². The van der Waals surface area contributed by atoms with E-state index in [4.69, 9.17) is 0 Å². The number of anilines is 2. The van der Waals surface area contributed by atoms with Crippen LogP contribution in [0.3, 0.4) is 0 Å². The Kier molecular flexibility index (Phi) is 6.49. The summed E-state index contributed by atoms with van der Waals surface area (Å²) in [6.07, 6.45) is 1.80. The van der Waals surface area contributed by atoms with E-state index >= 15 is 0 Å². The molecule has 2 aromatic carbocycles. The largest absolute Gasteiger partial charge is 0.378 e. The smallest absolute Gasteiger partial charge is 0.234 e. The van der Waals surface area contributed by atoms with Crippen LogP contribution in [0.15, 0.2) is 72.4 Å². The Bertz CT molecular complexity index is 952. The van der Waals surface area contributed by atoms with Crippen molar-refractivity contribution in [3.63, 3.8) is 0 Å². The van der Waals surface area contributed by atoms with Crippen molar-refractivity contribution in [2.45, 2.75) is 11.7 Å². The molecule has 0 saturated carbocycles. The third kappa shape index (κ3) is 4.80. The van der Waals surface area contributed by atoms with Crippen molar-refractivity contribution in [2.24, 2.45) is 0 Å². The molecule has 0 aliphatic carbocycles. The molecule has 0 radical (unpaired) electrons. The van der Waals surface area contributed by atoms with Crippen LogP contribution in [0.2, 0.25) is 0 Å². The van der Waals surface area contributed by atoms with Crippen LogP contribution < -0.4 is 10.2 Å². The highest BCUT2D eigenvalue weighted by atomic mass is 32.2. The first-order chi connectivity index (χ1) is 13.6. The lowest BCUT2D eigenvalue weighted by Crippen LogP contribution is -2.14. The number of thioether (sulfide) groups is 1. The molecule has 0 spiro atoms. The second-order valence-corrected chi connectivity index (χ2v) is 7.30. The molecule has 1 aromatic heterocycles. The Hall–Kier alpha value is -3.06. The van der Waals surface area contributed by atoms with Crippen LogP contribution in [0.25, 0.3) is 11.4 Å². The Morgan fingerprint density at radius 2 is 1.96 bits per heavy atom. The summed E-state index contributed by atoms with van der Waals surface area (Å²) >= 11 is 1.36. The van der Waals surface area contributed by atoms with E-state index in [9.17, 15) is 4.79 Å². The van der Waals surface area contributed by atoms with Gasteiger partial charge in [0, 0.05) is 37.6 Å². The Morgan fingerprint density at radius 3 is 2.68 bits per heavy atom. The predicted molar refractivity (Wildman–Crippen MR) is 116 cm³/mol. The summed E-state index contributed by atoms with van der Waals surface area (Å²) in [4.78, 5) is 14.3. The number of rotatable bonds is 8. The van der Waals surface area contributed by atoms with E-state index in [0.29, 0.717) is 11.7 Å². The van der Waals surface area contributed by atoms with Gasteiger partial charge in [0.25, 0.3) is 0 Å². The number of para-hydroxylation sites is 1. The van der Waals surface area contributed by atoms with Crippen LogP contribution in [-0.4, -0.2) is 40.5 Å². The molecule has 3 aromatic rings. The summed E-state index contributed by atoms with van der Waals surface area (Å²) in [5, 5.41) is 12.2. The molecular formula is C21H23N5OS. The van der Waals surface area contributed by atoms with Crippen LogP contribution in [0.1, 0.15) is 0 Å². The van der Waals surface area contributed by atoms with E-state index < -0.39 is 0 Å². The monoisotopic (exact) mass is 393 g/mol. The first kappa shape index (κ1) is 19.7. The van der Waals surface area contributed by atoms with E-state index in [1.54, 1.807) is 6.08 Å². The van der Waals surface area contributed by atoms with Crippen molar-refractivity contribution in [3.8, 4) is 11.4 Å². The maximum atomic E-state index is 12.2. The average Bonchev–Trinajstić information content (AvgIpc) is 3.10. The van der Waals surface area contributed by atoms with Crippen molar-refractivity contribution in [3.05, 3.63) is 67.3 Å². The number of nitrogens with zero attached hydrogens (tertiary/aromatic N) is 4. The number of benzene rings is 2. The molecule has 6 nitrogen and oxygen atoms in total. The quantitative estimate of drug-likeness (QED) is 0.464. The van der Waals surface area contributed by atoms with Gasteiger partial charge in [0.05, 0.1) is 5.75 Å². The van der Waals surface area contributed by atoms with Gasteiger partial charge in [0.2, 0.25) is 5.91 Å².